The third-order valence-electron chi connectivity index (χ3n) is 2.70. The number of benzene rings is 1. The zero-order chi connectivity index (χ0) is 16.0. The molecule has 8 heteroatoms. The largest absolute Gasteiger partial charge is 0.478 e. The van der Waals surface area contributed by atoms with E-state index in [0.29, 0.717) is 16.7 Å². The summed E-state index contributed by atoms with van der Waals surface area (Å²) in [6, 6.07) is 4.86. The second kappa shape index (κ2) is 7.00. The minimum absolute atomic E-state index is 0.0910. The Bertz CT molecular complexity index is 680. The minimum atomic E-state index is -3.63. The van der Waals surface area contributed by atoms with E-state index in [1.54, 1.807) is 25.1 Å². The van der Waals surface area contributed by atoms with E-state index in [4.69, 9.17) is 10.2 Å². The van der Waals surface area contributed by atoms with Crippen LogP contribution in [0.5, 0.6) is 0 Å². The Balaban J connectivity index is 2.86. The summed E-state index contributed by atoms with van der Waals surface area (Å²) >= 11 is 0. The first-order valence-corrected chi connectivity index (χ1v) is 7.71. The summed E-state index contributed by atoms with van der Waals surface area (Å²) in [5.74, 6) is -1.88. The summed E-state index contributed by atoms with van der Waals surface area (Å²) in [4.78, 5) is 22.5. The van der Waals surface area contributed by atoms with E-state index in [-0.39, 0.29) is 12.3 Å². The number of nitrogens with one attached hydrogen (secondary N) is 1. The molecular formula is C13H16N2O5S. The molecule has 0 heterocycles. The highest BCUT2D eigenvalue weighted by Crippen LogP contribution is 2.15. The smallest absolute Gasteiger partial charge is 0.328 e. The zero-order valence-corrected chi connectivity index (χ0v) is 12.2. The predicted octanol–water partition coefficient (Wildman–Crippen LogP) is 0.111. The van der Waals surface area contributed by atoms with Gasteiger partial charge in [-0.3, -0.25) is 4.79 Å². The highest BCUT2D eigenvalue weighted by atomic mass is 32.2. The Hall–Kier alpha value is -2.19. The Morgan fingerprint density at radius 3 is 2.62 bits per heavy atom. The van der Waals surface area contributed by atoms with Gasteiger partial charge in [0, 0.05) is 18.2 Å². The normalized spacial score (nSPS) is 11.5. The first kappa shape index (κ1) is 16.9. The van der Waals surface area contributed by atoms with E-state index in [9.17, 15) is 18.0 Å². The fourth-order valence-corrected chi connectivity index (χ4v) is 2.03. The number of amides is 1. The van der Waals surface area contributed by atoms with Crippen LogP contribution in [0, 0.1) is 6.92 Å². The summed E-state index contributed by atoms with van der Waals surface area (Å²) in [7, 11) is -3.63. The monoisotopic (exact) mass is 312 g/mol. The van der Waals surface area contributed by atoms with Crippen molar-refractivity contribution in [3.8, 4) is 0 Å². The topological polar surface area (TPSA) is 127 Å². The van der Waals surface area contributed by atoms with Crippen LogP contribution < -0.4 is 10.5 Å². The molecule has 0 fully saturated rings. The molecule has 21 heavy (non-hydrogen) atoms. The second-order valence-electron chi connectivity index (χ2n) is 4.31. The van der Waals surface area contributed by atoms with Crippen LogP contribution >= 0.6 is 0 Å². The molecule has 0 aromatic heterocycles. The molecule has 7 nitrogen and oxygen atoms in total. The van der Waals surface area contributed by atoms with Crippen molar-refractivity contribution in [1.29, 1.82) is 0 Å². The number of hydrogen-bond acceptors (Lipinski definition) is 4. The van der Waals surface area contributed by atoms with Crippen LogP contribution in [-0.2, 0) is 14.8 Å². The minimum Gasteiger partial charge on any atom is -0.478 e. The van der Waals surface area contributed by atoms with Gasteiger partial charge in [0.15, 0.2) is 0 Å². The van der Waals surface area contributed by atoms with Gasteiger partial charge in [-0.25, -0.2) is 18.4 Å². The molecule has 0 aliphatic rings. The number of hydrogen-bond donors (Lipinski definition) is 3. The van der Waals surface area contributed by atoms with Gasteiger partial charge in [0.25, 0.3) is 5.91 Å². The van der Waals surface area contributed by atoms with Gasteiger partial charge in [-0.2, -0.15) is 0 Å². The van der Waals surface area contributed by atoms with Gasteiger partial charge in [0.05, 0.1) is 5.75 Å². The highest BCUT2D eigenvalue weighted by molar-refractivity contribution is 7.89. The van der Waals surface area contributed by atoms with Gasteiger partial charge < -0.3 is 10.4 Å². The van der Waals surface area contributed by atoms with Gasteiger partial charge in [0.1, 0.15) is 0 Å². The van der Waals surface area contributed by atoms with Crippen LogP contribution in [0.4, 0.5) is 0 Å². The average Bonchev–Trinajstić information content (AvgIpc) is 2.35. The number of primary sulfonamides is 1. The lowest BCUT2D eigenvalue weighted by Gasteiger charge is -2.09. The maximum absolute atomic E-state index is 12.0. The Labute approximate surface area is 122 Å². The molecule has 0 atom stereocenters. The third kappa shape index (κ3) is 5.76. The van der Waals surface area contributed by atoms with E-state index in [1.807, 2.05) is 0 Å². The van der Waals surface area contributed by atoms with Crippen LogP contribution in [0.3, 0.4) is 0 Å². The maximum Gasteiger partial charge on any atom is 0.328 e. The molecule has 0 bridgehead atoms. The van der Waals surface area contributed by atoms with Crippen molar-refractivity contribution in [2.45, 2.75) is 6.92 Å². The van der Waals surface area contributed by atoms with Crippen molar-refractivity contribution < 1.29 is 23.1 Å². The lowest BCUT2D eigenvalue weighted by molar-refractivity contribution is -0.131. The summed E-state index contributed by atoms with van der Waals surface area (Å²) in [5, 5.41) is 15.9. The number of carboxylic acid groups (broad SMARTS) is 1. The highest BCUT2D eigenvalue weighted by Gasteiger charge is 2.11. The first-order valence-electron chi connectivity index (χ1n) is 6.00. The SMILES string of the molecule is Cc1c(C=CC(=O)O)cccc1C(=O)NCCS(N)(=O)=O. The first-order chi connectivity index (χ1) is 9.70. The Morgan fingerprint density at radius 1 is 1.38 bits per heavy atom. The molecule has 0 radical (unpaired) electrons. The van der Waals surface area contributed by atoms with Gasteiger partial charge in [-0.1, -0.05) is 12.1 Å². The third-order valence-corrected chi connectivity index (χ3v) is 3.47. The Kier molecular flexibility index (Phi) is 5.62. The summed E-state index contributed by atoms with van der Waals surface area (Å²) in [5.41, 5.74) is 1.54. The average molecular weight is 312 g/mol. The Morgan fingerprint density at radius 2 is 2.05 bits per heavy atom. The molecule has 1 amide bonds. The van der Waals surface area contributed by atoms with Crippen LogP contribution in [0.15, 0.2) is 24.3 Å². The number of rotatable bonds is 6. The van der Waals surface area contributed by atoms with Crippen LogP contribution in [-0.4, -0.2) is 37.7 Å². The van der Waals surface area contributed by atoms with Crippen molar-refractivity contribution in [3.63, 3.8) is 0 Å². The van der Waals surface area contributed by atoms with E-state index in [2.05, 4.69) is 5.32 Å². The van der Waals surface area contributed by atoms with Crippen LogP contribution in [0.25, 0.3) is 6.08 Å². The van der Waals surface area contributed by atoms with E-state index in [1.165, 1.54) is 6.08 Å². The second-order valence-corrected chi connectivity index (χ2v) is 6.05. The molecule has 1 aromatic rings. The molecule has 0 unspecified atom stereocenters. The van der Waals surface area contributed by atoms with Crippen molar-refractivity contribution in [1.82, 2.24) is 5.32 Å². The molecule has 0 aliphatic carbocycles. The van der Waals surface area contributed by atoms with Gasteiger partial charge in [-0.15, -0.1) is 0 Å². The quantitative estimate of drug-likeness (QED) is 0.643. The maximum atomic E-state index is 12.0. The molecule has 0 spiro atoms. The summed E-state index contributed by atoms with van der Waals surface area (Å²) < 4.78 is 21.6. The lowest BCUT2D eigenvalue weighted by Crippen LogP contribution is -2.31. The number of sulfonamides is 1. The summed E-state index contributed by atoms with van der Waals surface area (Å²) in [6.07, 6.45) is 2.36. The lowest BCUT2D eigenvalue weighted by atomic mass is 10.0. The van der Waals surface area contributed by atoms with Crippen LogP contribution in [0.1, 0.15) is 21.5 Å². The van der Waals surface area contributed by atoms with Gasteiger partial charge in [-0.05, 0) is 30.2 Å². The van der Waals surface area contributed by atoms with Crippen molar-refractivity contribution in [2.75, 3.05) is 12.3 Å². The van der Waals surface area contributed by atoms with E-state index >= 15 is 0 Å². The molecule has 0 aliphatic heterocycles. The number of nitrogens with two attached hydrogens (primary N) is 1. The van der Waals surface area contributed by atoms with Crippen molar-refractivity contribution >= 4 is 28.0 Å². The van der Waals surface area contributed by atoms with Crippen molar-refractivity contribution in [2.24, 2.45) is 5.14 Å². The fraction of sp³-hybridized carbons (Fsp3) is 0.231. The number of carbonyl (C=O) groups excluding carboxylic acids is 1. The molecular weight excluding hydrogens is 296 g/mol. The zero-order valence-electron chi connectivity index (χ0n) is 11.4. The number of carbonyl (C=O) groups is 2. The van der Waals surface area contributed by atoms with Gasteiger partial charge >= 0.3 is 5.97 Å². The molecule has 114 valence electrons. The fourth-order valence-electron chi connectivity index (χ4n) is 1.64. The van der Waals surface area contributed by atoms with Gasteiger partial charge in [0.2, 0.25) is 10.0 Å². The molecule has 4 N–H and O–H groups in total. The standard InChI is InChI=1S/C13H16N2O5S/c1-9-10(5-6-12(16)17)3-2-4-11(9)13(18)15-7-8-21(14,19)20/h2-6H,7-8H2,1H3,(H,15,18)(H,16,17)(H2,14,19,20). The number of carboxylic acids is 1. The van der Waals surface area contributed by atoms with Crippen molar-refractivity contribution in [3.05, 3.63) is 41.0 Å². The van der Waals surface area contributed by atoms with E-state index < -0.39 is 21.9 Å². The number of aliphatic carboxylic acids is 1. The molecule has 0 saturated heterocycles. The summed E-state index contributed by atoms with van der Waals surface area (Å²) in [6.45, 7) is 1.59. The van der Waals surface area contributed by atoms with Crippen LogP contribution in [0.2, 0.25) is 0 Å². The van der Waals surface area contributed by atoms with E-state index in [0.717, 1.165) is 6.08 Å². The predicted molar refractivity (Wildman–Crippen MR) is 78.2 cm³/mol. The molecule has 1 rings (SSSR count). The molecule has 0 saturated carbocycles. The molecule has 1 aromatic carbocycles.